The molecule has 0 spiro atoms. The Bertz CT molecular complexity index is 786. The average molecular weight is 403 g/mol. The van der Waals surface area contributed by atoms with Gasteiger partial charge in [-0.3, -0.25) is 14.9 Å². The van der Waals surface area contributed by atoms with Crippen molar-refractivity contribution in [3.8, 4) is 0 Å². The molecule has 1 saturated carbocycles. The van der Waals surface area contributed by atoms with Crippen LogP contribution in [-0.4, -0.2) is 33.8 Å². The van der Waals surface area contributed by atoms with Crippen LogP contribution in [0.2, 0.25) is 0 Å². The fraction of sp³-hybridized carbons (Fsp3) is 0.368. The number of nitrogens with zero attached hydrogens (tertiary/aromatic N) is 2. The number of hydrogen-bond donors (Lipinski definition) is 2. The molecule has 1 aromatic carbocycles. The number of thioether (sulfide) groups is 1. The molecule has 142 valence electrons. The maximum absolute atomic E-state index is 12.0. The first kappa shape index (κ1) is 19.6. The maximum Gasteiger partial charge on any atom is 0.250 e. The van der Waals surface area contributed by atoms with E-state index in [-0.39, 0.29) is 11.8 Å². The first-order chi connectivity index (χ1) is 13.2. The molecule has 3 rings (SSSR count). The number of hydrogen-bond acceptors (Lipinski definition) is 6. The standard InChI is InChI=1S/C19H22N4O2S2/c24-16(12-11-14-7-3-1-4-8-14)21-18-22-23-19(27-18)26-13-17(25)20-15-9-5-2-6-10-15/h1,3-4,7-8,11-12,15H,2,5-6,9-10,13H2,(H,20,25)(H,21,22,24). The highest BCUT2D eigenvalue weighted by atomic mass is 32.2. The van der Waals surface area contributed by atoms with Gasteiger partial charge in [0.25, 0.3) is 0 Å². The van der Waals surface area contributed by atoms with Crippen molar-refractivity contribution in [1.82, 2.24) is 15.5 Å². The molecule has 0 aliphatic heterocycles. The summed E-state index contributed by atoms with van der Waals surface area (Å²) in [4.78, 5) is 24.0. The molecule has 0 saturated heterocycles. The molecule has 1 fully saturated rings. The zero-order chi connectivity index (χ0) is 18.9. The highest BCUT2D eigenvalue weighted by molar-refractivity contribution is 8.01. The van der Waals surface area contributed by atoms with Crippen molar-refractivity contribution in [2.24, 2.45) is 0 Å². The molecule has 1 aliphatic carbocycles. The van der Waals surface area contributed by atoms with Crippen LogP contribution in [0.25, 0.3) is 6.08 Å². The predicted molar refractivity (Wildman–Crippen MR) is 110 cm³/mol. The van der Waals surface area contributed by atoms with E-state index in [4.69, 9.17) is 0 Å². The van der Waals surface area contributed by atoms with E-state index in [1.165, 1.54) is 48.4 Å². The van der Waals surface area contributed by atoms with Crippen LogP contribution >= 0.6 is 23.1 Å². The molecule has 0 atom stereocenters. The summed E-state index contributed by atoms with van der Waals surface area (Å²) in [5.74, 6) is 0.0764. The fourth-order valence-electron chi connectivity index (χ4n) is 2.85. The summed E-state index contributed by atoms with van der Waals surface area (Å²) in [6, 6.07) is 9.90. The highest BCUT2D eigenvalue weighted by Crippen LogP contribution is 2.25. The van der Waals surface area contributed by atoms with Crippen molar-refractivity contribution in [3.05, 3.63) is 42.0 Å². The molecule has 0 unspecified atom stereocenters. The number of carbonyl (C=O) groups is 2. The van der Waals surface area contributed by atoms with Crippen LogP contribution in [0.3, 0.4) is 0 Å². The van der Waals surface area contributed by atoms with Crippen molar-refractivity contribution >= 4 is 46.1 Å². The van der Waals surface area contributed by atoms with Crippen LogP contribution in [0.1, 0.15) is 37.7 Å². The highest BCUT2D eigenvalue weighted by Gasteiger charge is 2.16. The molecule has 0 bridgehead atoms. The number of carbonyl (C=O) groups excluding carboxylic acids is 2. The van der Waals surface area contributed by atoms with Gasteiger partial charge in [-0.2, -0.15) is 0 Å². The number of benzene rings is 1. The predicted octanol–water partition coefficient (Wildman–Crippen LogP) is 3.73. The lowest BCUT2D eigenvalue weighted by Crippen LogP contribution is -2.37. The minimum Gasteiger partial charge on any atom is -0.353 e. The zero-order valence-electron chi connectivity index (χ0n) is 14.9. The topological polar surface area (TPSA) is 84.0 Å². The summed E-state index contributed by atoms with van der Waals surface area (Å²) in [5.41, 5.74) is 0.949. The van der Waals surface area contributed by atoms with Crippen LogP contribution in [0.4, 0.5) is 5.13 Å². The lowest BCUT2D eigenvalue weighted by molar-refractivity contribution is -0.119. The summed E-state index contributed by atoms with van der Waals surface area (Å²) in [5, 5.41) is 14.2. The molecule has 27 heavy (non-hydrogen) atoms. The maximum atomic E-state index is 12.0. The SMILES string of the molecule is O=C(C=Cc1ccccc1)Nc1nnc(SCC(=O)NC2CCCCC2)s1. The van der Waals surface area contributed by atoms with Crippen molar-refractivity contribution in [3.63, 3.8) is 0 Å². The van der Waals surface area contributed by atoms with E-state index < -0.39 is 0 Å². The summed E-state index contributed by atoms with van der Waals surface area (Å²) in [6.07, 6.45) is 8.99. The summed E-state index contributed by atoms with van der Waals surface area (Å²) in [7, 11) is 0. The number of rotatable bonds is 7. The van der Waals surface area contributed by atoms with Crippen LogP contribution in [0, 0.1) is 0 Å². The Morgan fingerprint density at radius 3 is 2.70 bits per heavy atom. The van der Waals surface area contributed by atoms with Gasteiger partial charge in [-0.15, -0.1) is 10.2 Å². The molecule has 1 heterocycles. The molecule has 8 heteroatoms. The second kappa shape index (κ2) is 10.2. The van der Waals surface area contributed by atoms with E-state index in [9.17, 15) is 9.59 Å². The smallest absolute Gasteiger partial charge is 0.250 e. The molecule has 2 N–H and O–H groups in total. The molecular formula is C19H22N4O2S2. The average Bonchev–Trinajstić information content (AvgIpc) is 3.14. The fourth-order valence-corrected chi connectivity index (χ4v) is 4.41. The first-order valence-corrected chi connectivity index (χ1v) is 10.8. The van der Waals surface area contributed by atoms with E-state index in [2.05, 4.69) is 20.8 Å². The van der Waals surface area contributed by atoms with Gasteiger partial charge in [0.1, 0.15) is 0 Å². The Morgan fingerprint density at radius 1 is 1.15 bits per heavy atom. The number of amides is 2. The molecule has 0 radical (unpaired) electrons. The normalized spacial score (nSPS) is 15.0. The zero-order valence-corrected chi connectivity index (χ0v) is 16.5. The van der Waals surface area contributed by atoms with E-state index in [1.54, 1.807) is 6.08 Å². The van der Waals surface area contributed by atoms with Crippen molar-refractivity contribution in [2.45, 2.75) is 42.5 Å². The lowest BCUT2D eigenvalue weighted by atomic mass is 9.95. The Hall–Kier alpha value is -2.19. The Kier molecular flexibility index (Phi) is 7.41. The first-order valence-electron chi connectivity index (χ1n) is 8.99. The minimum atomic E-state index is -0.262. The third kappa shape index (κ3) is 6.80. The molecule has 1 aromatic heterocycles. The van der Waals surface area contributed by atoms with Gasteiger partial charge in [0.05, 0.1) is 5.75 Å². The van der Waals surface area contributed by atoms with Crippen molar-refractivity contribution < 1.29 is 9.59 Å². The number of aromatic nitrogens is 2. The Labute approximate surface area is 166 Å². The van der Waals surface area contributed by atoms with E-state index in [1.807, 2.05) is 30.3 Å². The van der Waals surface area contributed by atoms with Crippen LogP contribution < -0.4 is 10.6 Å². The molecule has 2 aromatic rings. The third-order valence-electron chi connectivity index (χ3n) is 4.16. The van der Waals surface area contributed by atoms with E-state index >= 15 is 0 Å². The largest absolute Gasteiger partial charge is 0.353 e. The lowest BCUT2D eigenvalue weighted by Gasteiger charge is -2.22. The third-order valence-corrected chi connectivity index (χ3v) is 6.13. The van der Waals surface area contributed by atoms with Gasteiger partial charge in [0.15, 0.2) is 4.34 Å². The molecule has 6 nitrogen and oxygen atoms in total. The van der Waals surface area contributed by atoms with Gasteiger partial charge < -0.3 is 5.32 Å². The van der Waals surface area contributed by atoms with Gasteiger partial charge >= 0.3 is 0 Å². The van der Waals surface area contributed by atoms with Gasteiger partial charge in [-0.25, -0.2) is 0 Å². The number of nitrogens with one attached hydrogen (secondary N) is 2. The second-order valence-electron chi connectivity index (χ2n) is 6.30. The van der Waals surface area contributed by atoms with Gasteiger partial charge in [-0.1, -0.05) is 72.7 Å². The van der Waals surface area contributed by atoms with Crippen LogP contribution in [-0.2, 0) is 9.59 Å². The monoisotopic (exact) mass is 402 g/mol. The molecular weight excluding hydrogens is 380 g/mol. The quantitative estimate of drug-likeness (QED) is 0.419. The number of anilines is 1. The Morgan fingerprint density at radius 2 is 1.93 bits per heavy atom. The molecule has 1 aliphatic rings. The Balaban J connectivity index is 1.42. The van der Waals surface area contributed by atoms with Crippen molar-refractivity contribution in [1.29, 1.82) is 0 Å². The van der Waals surface area contributed by atoms with E-state index in [0.29, 0.717) is 21.3 Å². The minimum absolute atomic E-state index is 0.0264. The van der Waals surface area contributed by atoms with Crippen LogP contribution in [0.15, 0.2) is 40.7 Å². The van der Waals surface area contributed by atoms with Gasteiger partial charge in [-0.05, 0) is 24.5 Å². The van der Waals surface area contributed by atoms with Gasteiger partial charge in [0, 0.05) is 12.1 Å². The second-order valence-corrected chi connectivity index (χ2v) is 8.50. The van der Waals surface area contributed by atoms with Crippen LogP contribution in [0.5, 0.6) is 0 Å². The van der Waals surface area contributed by atoms with E-state index in [0.717, 1.165) is 18.4 Å². The summed E-state index contributed by atoms with van der Waals surface area (Å²) < 4.78 is 0.663. The van der Waals surface area contributed by atoms with Gasteiger partial charge in [0.2, 0.25) is 16.9 Å². The summed E-state index contributed by atoms with van der Waals surface area (Å²) >= 11 is 2.60. The van der Waals surface area contributed by atoms with Crippen molar-refractivity contribution in [2.75, 3.05) is 11.1 Å². The molecule has 2 amide bonds. The summed E-state index contributed by atoms with van der Waals surface area (Å²) in [6.45, 7) is 0.